The minimum absolute atomic E-state index is 0.101. The summed E-state index contributed by atoms with van der Waals surface area (Å²) in [7, 11) is -2.66. The Morgan fingerprint density at radius 2 is 1.29 bits per heavy atom. The van der Waals surface area contributed by atoms with E-state index < -0.39 is 14.1 Å². The van der Waals surface area contributed by atoms with Crippen LogP contribution in [0.15, 0.2) is 91.0 Å². The molecule has 4 rings (SSSR count). The van der Waals surface area contributed by atoms with Gasteiger partial charge in [-0.25, -0.2) is 0 Å². The Balaban J connectivity index is 1.69. The van der Waals surface area contributed by atoms with Crippen LogP contribution in [0.3, 0.4) is 0 Å². The van der Waals surface area contributed by atoms with Gasteiger partial charge in [-0.2, -0.15) is 0 Å². The summed E-state index contributed by atoms with van der Waals surface area (Å²) in [6.45, 7) is 11.1. The van der Waals surface area contributed by atoms with Crippen LogP contribution in [0.1, 0.15) is 40.2 Å². The molecule has 0 amide bonds. The molecule has 0 aromatic heterocycles. The van der Waals surface area contributed by atoms with Gasteiger partial charge in [0.2, 0.25) is 0 Å². The predicted octanol–water partition coefficient (Wildman–Crippen LogP) is 5.13. The van der Waals surface area contributed by atoms with Gasteiger partial charge < -0.3 is 13.9 Å². The van der Waals surface area contributed by atoms with E-state index in [2.05, 4.69) is 93.3 Å². The number of ether oxygens (including phenoxy) is 2. The van der Waals surface area contributed by atoms with Crippen molar-refractivity contribution in [3.8, 4) is 11.8 Å². The minimum Gasteiger partial charge on any atom is -0.405 e. The summed E-state index contributed by atoms with van der Waals surface area (Å²) in [5, 5.41) is 2.40. The molecule has 3 aromatic carbocycles. The second-order valence-corrected chi connectivity index (χ2v) is 14.5. The molecule has 1 fully saturated rings. The van der Waals surface area contributed by atoms with Crippen LogP contribution in [0, 0.1) is 11.8 Å². The maximum absolute atomic E-state index is 7.09. The molecule has 4 heteroatoms. The summed E-state index contributed by atoms with van der Waals surface area (Å²) in [6.07, 6.45) is -0.652. The Bertz CT molecular complexity index is 1090. The maximum atomic E-state index is 7.09. The topological polar surface area (TPSA) is 27.7 Å². The largest absolute Gasteiger partial charge is 0.405 e. The highest BCUT2D eigenvalue weighted by Gasteiger charge is 2.51. The molecule has 176 valence electrons. The Labute approximate surface area is 205 Å². The lowest BCUT2D eigenvalue weighted by molar-refractivity contribution is -0.145. The molecule has 1 heterocycles. The van der Waals surface area contributed by atoms with Crippen LogP contribution in [0.5, 0.6) is 0 Å². The monoisotopic (exact) mass is 470 g/mol. The molecule has 0 spiro atoms. The average Bonchev–Trinajstić information content (AvgIpc) is 3.12. The lowest BCUT2D eigenvalue weighted by Gasteiger charge is -2.43. The first-order valence-corrected chi connectivity index (χ1v) is 13.8. The Morgan fingerprint density at radius 1 is 0.794 bits per heavy atom. The zero-order chi connectivity index (χ0) is 24.2. The molecule has 3 nitrogen and oxygen atoms in total. The molecule has 0 saturated carbocycles. The first-order chi connectivity index (χ1) is 16.2. The van der Waals surface area contributed by atoms with Crippen molar-refractivity contribution in [3.63, 3.8) is 0 Å². The molecule has 0 unspecified atom stereocenters. The minimum atomic E-state index is -2.66. The molecule has 3 aromatic rings. The fourth-order valence-corrected chi connectivity index (χ4v) is 9.29. The van der Waals surface area contributed by atoms with Crippen LogP contribution >= 0.6 is 0 Å². The van der Waals surface area contributed by atoms with Crippen molar-refractivity contribution < 1.29 is 13.9 Å². The number of benzene rings is 3. The molecule has 0 aliphatic carbocycles. The fourth-order valence-electron chi connectivity index (χ4n) is 4.72. The van der Waals surface area contributed by atoms with Crippen molar-refractivity contribution >= 4 is 18.7 Å². The highest BCUT2D eigenvalue weighted by molar-refractivity contribution is 6.99. The standard InChI is InChI=1S/C30H34O3Si/c1-29(2,3)34(25-17-11-7-12-18-25,26-19-13-8-14-20-26)31-23-28-27(32-30(4,5)33-28)22-21-24-15-9-6-10-16-24/h6-20,27-28H,23H2,1-5H3/t27-,28+/m0/s1. The van der Waals surface area contributed by atoms with Gasteiger partial charge in [-0.15, -0.1) is 0 Å². The molecule has 1 aliphatic rings. The van der Waals surface area contributed by atoms with Crippen molar-refractivity contribution in [1.29, 1.82) is 0 Å². The lowest BCUT2D eigenvalue weighted by Crippen LogP contribution is -2.67. The van der Waals surface area contributed by atoms with Gasteiger partial charge in [0.1, 0.15) is 12.2 Å². The van der Waals surface area contributed by atoms with Crippen molar-refractivity contribution in [3.05, 3.63) is 96.6 Å². The molecule has 0 N–H and O–H groups in total. The van der Waals surface area contributed by atoms with E-state index >= 15 is 0 Å². The van der Waals surface area contributed by atoms with Crippen molar-refractivity contribution in [2.75, 3.05) is 6.61 Å². The van der Waals surface area contributed by atoms with Gasteiger partial charge in [-0.1, -0.05) is 111 Å². The van der Waals surface area contributed by atoms with E-state index in [4.69, 9.17) is 13.9 Å². The molecular weight excluding hydrogens is 436 g/mol. The molecule has 2 atom stereocenters. The van der Waals surface area contributed by atoms with E-state index in [9.17, 15) is 0 Å². The van der Waals surface area contributed by atoms with Gasteiger partial charge in [0.15, 0.2) is 5.79 Å². The van der Waals surface area contributed by atoms with Crippen molar-refractivity contribution in [2.45, 2.75) is 57.7 Å². The van der Waals surface area contributed by atoms with Gasteiger partial charge in [-0.3, -0.25) is 0 Å². The molecular formula is C30H34O3Si. The van der Waals surface area contributed by atoms with Crippen molar-refractivity contribution in [1.82, 2.24) is 0 Å². The number of hydrogen-bond acceptors (Lipinski definition) is 3. The van der Waals surface area contributed by atoms with Crippen LogP contribution in [0.2, 0.25) is 5.04 Å². The third-order valence-corrected chi connectivity index (χ3v) is 11.2. The summed E-state index contributed by atoms with van der Waals surface area (Å²) >= 11 is 0. The summed E-state index contributed by atoms with van der Waals surface area (Å²) < 4.78 is 19.6. The highest BCUT2D eigenvalue weighted by Crippen LogP contribution is 2.38. The molecule has 34 heavy (non-hydrogen) atoms. The van der Waals surface area contributed by atoms with Crippen LogP contribution in [0.4, 0.5) is 0 Å². The quantitative estimate of drug-likeness (QED) is 0.382. The van der Waals surface area contributed by atoms with Crippen LogP contribution in [0.25, 0.3) is 0 Å². The summed E-state index contributed by atoms with van der Waals surface area (Å²) in [4.78, 5) is 0. The third kappa shape index (κ3) is 5.19. The van der Waals surface area contributed by atoms with Gasteiger partial charge in [0.05, 0.1) is 6.61 Å². The second-order valence-electron chi connectivity index (χ2n) is 10.2. The molecule has 0 bridgehead atoms. The Morgan fingerprint density at radius 3 is 1.79 bits per heavy atom. The van der Waals surface area contributed by atoms with Gasteiger partial charge in [0.25, 0.3) is 8.32 Å². The van der Waals surface area contributed by atoms with E-state index in [0.29, 0.717) is 6.61 Å². The van der Waals surface area contributed by atoms with Gasteiger partial charge >= 0.3 is 0 Å². The van der Waals surface area contributed by atoms with E-state index in [1.165, 1.54) is 10.4 Å². The maximum Gasteiger partial charge on any atom is 0.261 e. The van der Waals surface area contributed by atoms with Crippen molar-refractivity contribution in [2.24, 2.45) is 0 Å². The smallest absolute Gasteiger partial charge is 0.261 e. The van der Waals surface area contributed by atoms with E-state index in [1.807, 2.05) is 44.2 Å². The van der Waals surface area contributed by atoms with E-state index in [1.54, 1.807) is 0 Å². The fraction of sp³-hybridized carbons (Fsp3) is 0.333. The Kier molecular flexibility index (Phi) is 7.11. The summed E-state index contributed by atoms with van der Waals surface area (Å²) in [6, 6.07) is 31.3. The summed E-state index contributed by atoms with van der Waals surface area (Å²) in [5.74, 6) is 5.83. The van der Waals surface area contributed by atoms with Gasteiger partial charge in [0, 0.05) is 5.56 Å². The zero-order valence-electron chi connectivity index (χ0n) is 20.7. The Hall–Kier alpha value is -2.68. The predicted molar refractivity (Wildman–Crippen MR) is 141 cm³/mol. The number of hydrogen-bond donors (Lipinski definition) is 0. The third-order valence-electron chi connectivity index (χ3n) is 6.20. The molecule has 1 saturated heterocycles. The highest BCUT2D eigenvalue weighted by atomic mass is 28.4. The van der Waals surface area contributed by atoms with E-state index in [0.717, 1.165) is 5.56 Å². The average molecular weight is 471 g/mol. The second kappa shape index (κ2) is 9.89. The zero-order valence-corrected chi connectivity index (χ0v) is 21.7. The first-order valence-electron chi connectivity index (χ1n) is 11.9. The van der Waals surface area contributed by atoms with Crippen LogP contribution < -0.4 is 10.4 Å². The summed E-state index contributed by atoms with van der Waals surface area (Å²) in [5.41, 5.74) is 0.961. The molecule has 1 aliphatic heterocycles. The van der Waals surface area contributed by atoms with Crippen LogP contribution in [-0.2, 0) is 13.9 Å². The van der Waals surface area contributed by atoms with Crippen LogP contribution in [-0.4, -0.2) is 32.9 Å². The normalized spacial score (nSPS) is 19.9. The lowest BCUT2D eigenvalue weighted by atomic mass is 10.2. The SMILES string of the molecule is CC1(C)O[C@@H](C#Cc2ccccc2)[C@@H](CO[Si](c2ccccc2)(c2ccccc2)C(C)(C)C)O1. The van der Waals surface area contributed by atoms with E-state index in [-0.39, 0.29) is 17.2 Å². The first kappa shape index (κ1) is 24.4. The molecule has 0 radical (unpaired) electrons. The van der Waals surface area contributed by atoms with Gasteiger partial charge in [-0.05, 0) is 41.4 Å². The number of rotatable bonds is 5.